The van der Waals surface area contributed by atoms with Gasteiger partial charge < -0.3 is 40.4 Å². The number of aliphatic hydroxyl groups excluding tert-OH is 1. The monoisotopic (exact) mass is 710 g/mol. The van der Waals surface area contributed by atoms with Crippen LogP contribution in [-0.4, -0.2) is 93.4 Å². The first kappa shape index (κ1) is 37.2. The van der Waals surface area contributed by atoms with E-state index in [0.29, 0.717) is 12.2 Å². The zero-order valence-corrected chi connectivity index (χ0v) is 29.0. The Bertz CT molecular complexity index is 1640. The third-order valence-corrected chi connectivity index (χ3v) is 10.4. The molecule has 50 heavy (non-hydrogen) atoms. The molecule has 0 saturated carbocycles. The summed E-state index contributed by atoms with van der Waals surface area (Å²) in [6.07, 6.45) is -3.90. The Morgan fingerprint density at radius 3 is 2.18 bits per heavy atom. The quantitative estimate of drug-likeness (QED) is 0.162. The number of hydrogen-bond donors (Lipinski definition) is 4. The maximum absolute atomic E-state index is 13.7. The van der Waals surface area contributed by atoms with Crippen molar-refractivity contribution in [2.24, 2.45) is 11.8 Å². The molecule has 2 heterocycles. The molecule has 0 spiro atoms. The maximum atomic E-state index is 13.7. The minimum Gasteiger partial charge on any atom is -0.443 e. The first-order valence-corrected chi connectivity index (χ1v) is 18.1. The molecule has 2 saturated heterocycles. The lowest BCUT2D eigenvalue weighted by molar-refractivity contribution is -0.129. The smallest absolute Gasteiger partial charge is 0.407 e. The summed E-state index contributed by atoms with van der Waals surface area (Å²) in [7, 11) is -4.01. The van der Waals surface area contributed by atoms with Crippen molar-refractivity contribution < 1.29 is 42.1 Å². The Morgan fingerprint density at radius 2 is 1.54 bits per heavy atom. The van der Waals surface area contributed by atoms with Crippen molar-refractivity contribution in [3.8, 4) is 0 Å². The summed E-state index contributed by atoms with van der Waals surface area (Å²) in [5.74, 6) is -0.828. The van der Waals surface area contributed by atoms with Gasteiger partial charge in [0.05, 0.1) is 42.3 Å². The summed E-state index contributed by atoms with van der Waals surface area (Å²) in [5.41, 5.74) is 7.99. The van der Waals surface area contributed by atoms with E-state index in [2.05, 4.69) is 10.6 Å². The number of alkyl carbamates (subject to hydrolysis) is 1. The van der Waals surface area contributed by atoms with Gasteiger partial charge in [-0.3, -0.25) is 4.79 Å². The number of rotatable bonds is 16. The van der Waals surface area contributed by atoms with Gasteiger partial charge in [-0.2, -0.15) is 4.31 Å². The second-order valence-electron chi connectivity index (χ2n) is 13.0. The van der Waals surface area contributed by atoms with Crippen LogP contribution in [0.15, 0.2) is 89.8 Å². The molecule has 2 aliphatic heterocycles. The van der Waals surface area contributed by atoms with Crippen LogP contribution in [-0.2, 0) is 46.7 Å². The molecule has 14 heteroatoms. The number of nitrogens with zero attached hydrogens (tertiary/aromatic N) is 1. The topological polar surface area (TPSA) is 179 Å². The average molecular weight is 711 g/mol. The van der Waals surface area contributed by atoms with Crippen molar-refractivity contribution in [3.63, 3.8) is 0 Å². The number of nitrogens with one attached hydrogen (secondary N) is 2. The van der Waals surface area contributed by atoms with Gasteiger partial charge in [-0.15, -0.1) is 0 Å². The first-order valence-electron chi connectivity index (χ1n) is 16.7. The van der Waals surface area contributed by atoms with Gasteiger partial charge in [-0.25, -0.2) is 13.2 Å². The summed E-state index contributed by atoms with van der Waals surface area (Å²) in [6, 6.07) is 23.7. The molecule has 5 rings (SSSR count). The lowest BCUT2D eigenvalue weighted by Gasteiger charge is -2.31. The standard InChI is InChI=1S/C36H46N4O9S/c1-24(2)19-40(50(44,45)28-15-13-27(37)14-16-28)20-30(41)29(17-25-9-5-3-6-10-25)39-36(43)49-32-22-48-35-34(32)31(21-47-35)46-23-33(42)38-18-26-11-7-4-8-12-26/h3-16,24,29-32,34-35,41H,17-23,37H2,1-2H3,(H,38,42)(H,39,43)/t29-,30+,31-,32-,34-,35+/m0/s1. The zero-order valence-electron chi connectivity index (χ0n) is 28.2. The molecule has 0 unspecified atom stereocenters. The number of fused-ring (bicyclic) bond motifs is 1. The lowest BCUT2D eigenvalue weighted by atomic mass is 10.00. The number of carbonyl (C=O) groups excluding carboxylic acids is 2. The van der Waals surface area contributed by atoms with Crippen molar-refractivity contribution in [1.29, 1.82) is 0 Å². The number of nitrogens with two attached hydrogens (primary N) is 1. The van der Waals surface area contributed by atoms with E-state index < -0.39 is 52.7 Å². The van der Waals surface area contributed by atoms with Gasteiger partial charge in [-0.05, 0) is 47.7 Å². The normalized spacial score (nSPS) is 21.5. The molecule has 2 amide bonds. The second kappa shape index (κ2) is 17.2. The SMILES string of the molecule is CC(C)CN(C[C@@H](O)[C@H](Cc1ccccc1)NC(=O)O[C@H]1CO[C@H]2OC[C@H](OCC(=O)NCc3ccccc3)[C@H]21)S(=O)(=O)c1ccc(N)cc1. The van der Waals surface area contributed by atoms with Crippen LogP contribution in [0.25, 0.3) is 0 Å². The molecule has 3 aromatic carbocycles. The van der Waals surface area contributed by atoms with Gasteiger partial charge >= 0.3 is 6.09 Å². The fraction of sp³-hybridized carbons (Fsp3) is 0.444. The van der Waals surface area contributed by atoms with Crippen molar-refractivity contribution in [2.45, 2.75) is 62.4 Å². The summed E-state index contributed by atoms with van der Waals surface area (Å²) < 4.78 is 51.7. The second-order valence-corrected chi connectivity index (χ2v) is 14.9. The predicted molar refractivity (Wildman–Crippen MR) is 185 cm³/mol. The molecular formula is C36H46N4O9S. The molecule has 0 radical (unpaired) electrons. The molecule has 5 N–H and O–H groups in total. The van der Waals surface area contributed by atoms with Crippen LogP contribution >= 0.6 is 0 Å². The highest BCUT2D eigenvalue weighted by molar-refractivity contribution is 7.89. The third-order valence-electron chi connectivity index (χ3n) is 8.59. The summed E-state index contributed by atoms with van der Waals surface area (Å²) in [5, 5.41) is 17.1. The minimum atomic E-state index is -4.01. The largest absolute Gasteiger partial charge is 0.443 e. The summed E-state index contributed by atoms with van der Waals surface area (Å²) >= 11 is 0. The number of anilines is 1. The van der Waals surface area contributed by atoms with Crippen molar-refractivity contribution in [2.75, 3.05) is 38.6 Å². The molecule has 0 aliphatic carbocycles. The van der Waals surface area contributed by atoms with E-state index in [0.717, 1.165) is 11.1 Å². The summed E-state index contributed by atoms with van der Waals surface area (Å²) in [4.78, 5) is 25.9. The Kier molecular flexibility index (Phi) is 12.8. The van der Waals surface area contributed by atoms with Gasteiger partial charge in [0, 0.05) is 25.3 Å². The third kappa shape index (κ3) is 10.0. The van der Waals surface area contributed by atoms with Crippen LogP contribution in [0.4, 0.5) is 10.5 Å². The van der Waals surface area contributed by atoms with Crippen LogP contribution in [0, 0.1) is 11.8 Å². The van der Waals surface area contributed by atoms with E-state index in [4.69, 9.17) is 24.7 Å². The van der Waals surface area contributed by atoms with E-state index in [1.165, 1.54) is 28.6 Å². The van der Waals surface area contributed by atoms with Crippen molar-refractivity contribution in [3.05, 3.63) is 96.1 Å². The number of aliphatic hydroxyl groups is 1. The summed E-state index contributed by atoms with van der Waals surface area (Å²) in [6.45, 7) is 3.99. The van der Waals surface area contributed by atoms with Gasteiger partial charge in [0.1, 0.15) is 12.7 Å². The number of hydrogen-bond acceptors (Lipinski definition) is 10. The number of benzene rings is 3. The van der Waals surface area contributed by atoms with Crippen molar-refractivity contribution in [1.82, 2.24) is 14.9 Å². The van der Waals surface area contributed by atoms with Gasteiger partial charge in [0.2, 0.25) is 15.9 Å². The fourth-order valence-electron chi connectivity index (χ4n) is 6.04. The van der Waals surface area contributed by atoms with Gasteiger partial charge in [-0.1, -0.05) is 74.5 Å². The molecule has 0 bridgehead atoms. The Hall–Kier alpha value is -4.05. The Balaban J connectivity index is 1.23. The van der Waals surface area contributed by atoms with Gasteiger partial charge in [0.25, 0.3) is 0 Å². The van der Waals surface area contributed by atoms with E-state index in [9.17, 15) is 23.1 Å². The highest BCUT2D eigenvalue weighted by atomic mass is 32.2. The van der Waals surface area contributed by atoms with Crippen LogP contribution < -0.4 is 16.4 Å². The average Bonchev–Trinajstić information content (AvgIpc) is 3.69. The van der Waals surface area contributed by atoms with Crippen molar-refractivity contribution >= 4 is 27.7 Å². The predicted octanol–water partition coefficient (Wildman–Crippen LogP) is 2.69. The number of sulfonamides is 1. The number of amides is 2. The van der Waals surface area contributed by atoms with E-state index in [1.807, 2.05) is 74.5 Å². The molecule has 3 aromatic rings. The lowest BCUT2D eigenvalue weighted by Crippen LogP contribution is -2.52. The molecule has 13 nitrogen and oxygen atoms in total. The van der Waals surface area contributed by atoms with E-state index in [1.54, 1.807) is 0 Å². The minimum absolute atomic E-state index is 0.0477. The molecule has 0 aromatic heterocycles. The number of carbonyl (C=O) groups is 2. The highest BCUT2D eigenvalue weighted by Crippen LogP contribution is 2.35. The molecular weight excluding hydrogens is 664 g/mol. The van der Waals surface area contributed by atoms with Crippen LogP contribution in [0.3, 0.4) is 0 Å². The van der Waals surface area contributed by atoms with Crippen LogP contribution in [0.1, 0.15) is 25.0 Å². The number of nitrogen functional groups attached to an aromatic ring is 1. The van der Waals surface area contributed by atoms with E-state index >= 15 is 0 Å². The Morgan fingerprint density at radius 1 is 0.920 bits per heavy atom. The maximum Gasteiger partial charge on any atom is 0.407 e. The zero-order chi connectivity index (χ0) is 35.7. The Labute approximate surface area is 293 Å². The molecule has 270 valence electrons. The van der Waals surface area contributed by atoms with Crippen LogP contribution in [0.5, 0.6) is 0 Å². The first-order chi connectivity index (χ1) is 24.0. The van der Waals surface area contributed by atoms with Gasteiger partial charge in [0.15, 0.2) is 6.29 Å². The molecule has 2 aliphatic rings. The highest BCUT2D eigenvalue weighted by Gasteiger charge is 2.51. The van der Waals surface area contributed by atoms with E-state index in [-0.39, 0.29) is 56.1 Å². The number of ether oxygens (including phenoxy) is 4. The van der Waals surface area contributed by atoms with Crippen LogP contribution in [0.2, 0.25) is 0 Å². The molecule has 6 atom stereocenters. The molecule has 2 fully saturated rings. The fourth-order valence-corrected chi connectivity index (χ4v) is 7.66.